The SMILES string of the molecule is Oc1cc(F)ccc1F.Oc1cc(F)ccc1F. The zero-order chi connectivity index (χ0) is 13.7. The van der Waals surface area contributed by atoms with Gasteiger partial charge in [0.2, 0.25) is 0 Å². The number of phenols is 2. The molecule has 2 rings (SSSR count). The van der Waals surface area contributed by atoms with Gasteiger partial charge in [-0.15, -0.1) is 0 Å². The van der Waals surface area contributed by atoms with E-state index in [0.717, 1.165) is 36.4 Å². The minimum atomic E-state index is -0.809. The average Bonchev–Trinajstić information content (AvgIpc) is 2.30. The summed E-state index contributed by atoms with van der Waals surface area (Å²) in [6.07, 6.45) is 0. The molecule has 18 heavy (non-hydrogen) atoms. The van der Waals surface area contributed by atoms with Crippen LogP contribution in [-0.2, 0) is 0 Å². The van der Waals surface area contributed by atoms with E-state index in [0.29, 0.717) is 0 Å². The summed E-state index contributed by atoms with van der Waals surface area (Å²) in [5.41, 5.74) is 0. The van der Waals surface area contributed by atoms with Crippen molar-refractivity contribution in [3.8, 4) is 11.5 Å². The third kappa shape index (κ3) is 3.97. The number of phenolic OH excluding ortho intramolecular Hbond substituents is 2. The highest BCUT2D eigenvalue weighted by Crippen LogP contribution is 2.15. The molecule has 0 radical (unpaired) electrons. The Labute approximate surface area is 99.7 Å². The number of hydrogen-bond donors (Lipinski definition) is 2. The van der Waals surface area contributed by atoms with Crippen molar-refractivity contribution in [1.82, 2.24) is 0 Å². The van der Waals surface area contributed by atoms with Crippen molar-refractivity contribution in [2.75, 3.05) is 0 Å². The quantitative estimate of drug-likeness (QED) is 0.713. The molecule has 2 aromatic carbocycles. The molecule has 2 N–H and O–H groups in total. The van der Waals surface area contributed by atoms with Gasteiger partial charge in [0.05, 0.1) is 0 Å². The Bertz CT molecular complexity index is 494. The molecule has 0 atom stereocenters. The van der Waals surface area contributed by atoms with Crippen LogP contribution in [0, 0.1) is 23.3 Å². The van der Waals surface area contributed by atoms with Crippen LogP contribution in [0.5, 0.6) is 11.5 Å². The summed E-state index contributed by atoms with van der Waals surface area (Å²) in [4.78, 5) is 0. The molecule has 0 heterocycles. The molecule has 0 aliphatic carbocycles. The molecular formula is C12H8F4O2. The first-order valence-electron chi connectivity index (χ1n) is 4.68. The molecule has 0 bridgehead atoms. The summed E-state index contributed by atoms with van der Waals surface area (Å²) in [7, 11) is 0. The van der Waals surface area contributed by atoms with E-state index >= 15 is 0 Å². The van der Waals surface area contributed by atoms with Crippen molar-refractivity contribution in [1.29, 1.82) is 0 Å². The van der Waals surface area contributed by atoms with Gasteiger partial charge in [0.25, 0.3) is 0 Å². The van der Waals surface area contributed by atoms with Crippen molar-refractivity contribution < 1.29 is 27.8 Å². The van der Waals surface area contributed by atoms with Crippen molar-refractivity contribution in [3.05, 3.63) is 59.7 Å². The Morgan fingerprint density at radius 3 is 1.17 bits per heavy atom. The maximum Gasteiger partial charge on any atom is 0.165 e. The van der Waals surface area contributed by atoms with E-state index in [1.54, 1.807) is 0 Å². The molecule has 0 spiro atoms. The first-order valence-corrected chi connectivity index (χ1v) is 4.68. The summed E-state index contributed by atoms with van der Waals surface area (Å²) >= 11 is 0. The molecule has 0 saturated heterocycles. The lowest BCUT2D eigenvalue weighted by Crippen LogP contribution is -1.76. The molecule has 0 aliphatic heterocycles. The van der Waals surface area contributed by atoms with Crippen LogP contribution in [0.25, 0.3) is 0 Å². The minimum absolute atomic E-state index is 0.645. The monoisotopic (exact) mass is 260 g/mol. The van der Waals surface area contributed by atoms with E-state index in [1.807, 2.05) is 0 Å². The van der Waals surface area contributed by atoms with Crippen LogP contribution in [0.3, 0.4) is 0 Å². The summed E-state index contributed by atoms with van der Waals surface area (Å²) in [6.45, 7) is 0. The van der Waals surface area contributed by atoms with Gasteiger partial charge in [-0.3, -0.25) is 0 Å². The van der Waals surface area contributed by atoms with E-state index in [-0.39, 0.29) is 0 Å². The highest BCUT2D eigenvalue weighted by Gasteiger charge is 1.99. The summed E-state index contributed by atoms with van der Waals surface area (Å²) < 4.78 is 48.2. The average molecular weight is 260 g/mol. The molecule has 6 heteroatoms. The van der Waals surface area contributed by atoms with E-state index in [2.05, 4.69) is 0 Å². The fourth-order valence-corrected chi connectivity index (χ4v) is 0.972. The lowest BCUT2D eigenvalue weighted by molar-refractivity contribution is 0.426. The smallest absolute Gasteiger partial charge is 0.165 e. The fourth-order valence-electron chi connectivity index (χ4n) is 0.972. The first-order chi connectivity index (χ1) is 8.40. The van der Waals surface area contributed by atoms with Crippen molar-refractivity contribution in [2.45, 2.75) is 0 Å². The second-order valence-corrected chi connectivity index (χ2v) is 3.19. The van der Waals surface area contributed by atoms with Gasteiger partial charge >= 0.3 is 0 Å². The predicted octanol–water partition coefficient (Wildman–Crippen LogP) is 3.34. The zero-order valence-corrected chi connectivity index (χ0v) is 8.87. The van der Waals surface area contributed by atoms with Gasteiger partial charge in [-0.25, -0.2) is 17.6 Å². The van der Waals surface area contributed by atoms with Gasteiger partial charge in [-0.05, 0) is 24.3 Å². The molecule has 2 aromatic rings. The van der Waals surface area contributed by atoms with Crippen LogP contribution >= 0.6 is 0 Å². The second kappa shape index (κ2) is 5.90. The molecule has 0 saturated carbocycles. The Morgan fingerprint density at radius 2 is 0.944 bits per heavy atom. The van der Waals surface area contributed by atoms with Gasteiger partial charge in [-0.1, -0.05) is 0 Å². The maximum absolute atomic E-state index is 12.1. The standard InChI is InChI=1S/2C6H4F2O/c2*7-4-1-2-5(8)6(9)3-4/h2*1-3,9H. The number of benzene rings is 2. The largest absolute Gasteiger partial charge is 0.505 e. The molecule has 96 valence electrons. The van der Waals surface area contributed by atoms with Gasteiger partial charge in [-0.2, -0.15) is 0 Å². The minimum Gasteiger partial charge on any atom is -0.505 e. The number of aromatic hydroxyl groups is 2. The van der Waals surface area contributed by atoms with Gasteiger partial charge < -0.3 is 10.2 Å². The van der Waals surface area contributed by atoms with E-state index in [1.165, 1.54) is 0 Å². The van der Waals surface area contributed by atoms with Crippen LogP contribution in [0.2, 0.25) is 0 Å². The zero-order valence-electron chi connectivity index (χ0n) is 8.87. The number of hydrogen-bond acceptors (Lipinski definition) is 2. The van der Waals surface area contributed by atoms with Crippen LogP contribution in [0.1, 0.15) is 0 Å². The summed E-state index contributed by atoms with van der Waals surface area (Å²) in [5, 5.41) is 17.0. The molecule has 0 fully saturated rings. The van der Waals surface area contributed by atoms with Crippen LogP contribution in [0.4, 0.5) is 17.6 Å². The van der Waals surface area contributed by atoms with Crippen molar-refractivity contribution in [2.24, 2.45) is 0 Å². The van der Waals surface area contributed by atoms with E-state index in [4.69, 9.17) is 10.2 Å². The van der Waals surface area contributed by atoms with Crippen LogP contribution in [0.15, 0.2) is 36.4 Å². The Hall–Kier alpha value is -2.24. The van der Waals surface area contributed by atoms with E-state index in [9.17, 15) is 17.6 Å². The second-order valence-electron chi connectivity index (χ2n) is 3.19. The molecule has 2 nitrogen and oxygen atoms in total. The highest BCUT2D eigenvalue weighted by molar-refractivity contribution is 5.23. The topological polar surface area (TPSA) is 40.5 Å². The summed E-state index contributed by atoms with van der Waals surface area (Å²) in [5.74, 6) is -4.22. The Morgan fingerprint density at radius 1 is 0.611 bits per heavy atom. The Kier molecular flexibility index (Phi) is 4.53. The van der Waals surface area contributed by atoms with Crippen LogP contribution in [-0.4, -0.2) is 10.2 Å². The first kappa shape index (κ1) is 13.8. The van der Waals surface area contributed by atoms with Gasteiger partial charge in [0, 0.05) is 12.1 Å². The van der Waals surface area contributed by atoms with E-state index < -0.39 is 34.8 Å². The highest BCUT2D eigenvalue weighted by atomic mass is 19.1. The third-order valence-electron chi connectivity index (χ3n) is 1.82. The number of halogens is 4. The normalized spacial score (nSPS) is 9.56. The molecular weight excluding hydrogens is 252 g/mol. The number of rotatable bonds is 0. The molecule has 0 aromatic heterocycles. The van der Waals surface area contributed by atoms with Crippen molar-refractivity contribution in [3.63, 3.8) is 0 Å². The molecule has 0 aliphatic rings. The van der Waals surface area contributed by atoms with Gasteiger partial charge in [0.15, 0.2) is 23.1 Å². The third-order valence-corrected chi connectivity index (χ3v) is 1.82. The maximum atomic E-state index is 12.1. The van der Waals surface area contributed by atoms with Gasteiger partial charge in [0.1, 0.15) is 11.6 Å². The fraction of sp³-hybridized carbons (Fsp3) is 0. The van der Waals surface area contributed by atoms with Crippen LogP contribution < -0.4 is 0 Å². The molecule has 0 amide bonds. The Balaban J connectivity index is 0.000000180. The van der Waals surface area contributed by atoms with Crippen molar-refractivity contribution >= 4 is 0 Å². The lowest BCUT2D eigenvalue weighted by Gasteiger charge is -1.91. The lowest BCUT2D eigenvalue weighted by atomic mass is 10.3. The predicted molar refractivity (Wildman–Crippen MR) is 56.0 cm³/mol. The molecule has 0 unspecified atom stereocenters. The summed E-state index contributed by atoms with van der Waals surface area (Å²) in [6, 6.07) is 5.05.